The van der Waals surface area contributed by atoms with Crippen molar-refractivity contribution in [2.24, 2.45) is 0 Å². The third kappa shape index (κ3) is 5.44. The van der Waals surface area contributed by atoms with E-state index in [-0.39, 0.29) is 28.4 Å². The SMILES string of the molecule is COc1ccc(S(=O)(=O)NCc2cccc(C(F)(F)F)c2)cc1NC(C)=O. The standard InChI is InChI=1S/C17H17F3N2O4S/c1-11(23)22-15-9-14(6-7-16(15)26-2)27(24,25)21-10-12-4-3-5-13(8-12)17(18,19)20/h3-9,21H,10H2,1-2H3,(H,22,23). The highest BCUT2D eigenvalue weighted by atomic mass is 32.2. The minimum Gasteiger partial charge on any atom is -0.495 e. The number of hydrogen-bond acceptors (Lipinski definition) is 4. The Bertz CT molecular complexity index is 943. The molecule has 0 aliphatic rings. The third-order valence-corrected chi connectivity index (χ3v) is 4.91. The lowest BCUT2D eigenvalue weighted by Crippen LogP contribution is -2.23. The Hall–Kier alpha value is -2.59. The molecule has 6 nitrogen and oxygen atoms in total. The molecule has 0 aliphatic carbocycles. The normalized spacial score (nSPS) is 11.9. The molecule has 0 unspecified atom stereocenters. The molecule has 2 N–H and O–H groups in total. The second kappa shape index (κ2) is 7.97. The van der Waals surface area contributed by atoms with Crippen LogP contribution in [-0.4, -0.2) is 21.4 Å². The van der Waals surface area contributed by atoms with Crippen molar-refractivity contribution < 1.29 is 31.1 Å². The summed E-state index contributed by atoms with van der Waals surface area (Å²) in [6.45, 7) is 0.931. The maximum Gasteiger partial charge on any atom is 0.416 e. The van der Waals surface area contributed by atoms with E-state index in [1.165, 1.54) is 44.4 Å². The van der Waals surface area contributed by atoms with Crippen LogP contribution in [0.4, 0.5) is 18.9 Å². The lowest BCUT2D eigenvalue weighted by molar-refractivity contribution is -0.137. The molecule has 146 valence electrons. The van der Waals surface area contributed by atoms with E-state index in [0.29, 0.717) is 0 Å². The van der Waals surface area contributed by atoms with Gasteiger partial charge in [-0.25, -0.2) is 13.1 Å². The van der Waals surface area contributed by atoms with Crippen LogP contribution >= 0.6 is 0 Å². The van der Waals surface area contributed by atoms with Gasteiger partial charge in [-0.15, -0.1) is 0 Å². The summed E-state index contributed by atoms with van der Waals surface area (Å²) in [5, 5.41) is 2.45. The molecule has 0 atom stereocenters. The predicted molar refractivity (Wildman–Crippen MR) is 92.8 cm³/mol. The number of ether oxygens (including phenoxy) is 1. The van der Waals surface area contributed by atoms with Gasteiger partial charge in [0.2, 0.25) is 15.9 Å². The summed E-state index contributed by atoms with van der Waals surface area (Å²) in [6.07, 6.45) is -4.52. The molecule has 0 radical (unpaired) electrons. The second-order valence-electron chi connectivity index (χ2n) is 5.57. The van der Waals surface area contributed by atoms with Crippen molar-refractivity contribution in [3.8, 4) is 5.75 Å². The van der Waals surface area contributed by atoms with Gasteiger partial charge in [0.25, 0.3) is 0 Å². The van der Waals surface area contributed by atoms with Crippen molar-refractivity contribution in [3.63, 3.8) is 0 Å². The van der Waals surface area contributed by atoms with Crippen LogP contribution in [0.15, 0.2) is 47.4 Å². The van der Waals surface area contributed by atoms with Crippen molar-refractivity contribution in [1.82, 2.24) is 4.72 Å². The Labute approximate surface area is 154 Å². The van der Waals surface area contributed by atoms with Gasteiger partial charge in [-0.3, -0.25) is 4.79 Å². The van der Waals surface area contributed by atoms with Crippen LogP contribution in [-0.2, 0) is 27.5 Å². The minimum absolute atomic E-state index is 0.156. The van der Waals surface area contributed by atoms with Gasteiger partial charge in [0.15, 0.2) is 0 Å². The van der Waals surface area contributed by atoms with Gasteiger partial charge >= 0.3 is 6.18 Å². The van der Waals surface area contributed by atoms with E-state index in [2.05, 4.69) is 10.0 Å². The average molecular weight is 402 g/mol. The topological polar surface area (TPSA) is 84.5 Å². The maximum absolute atomic E-state index is 12.7. The highest BCUT2D eigenvalue weighted by Gasteiger charge is 2.30. The van der Waals surface area contributed by atoms with Crippen LogP contribution in [0.3, 0.4) is 0 Å². The minimum atomic E-state index is -4.52. The lowest BCUT2D eigenvalue weighted by Gasteiger charge is -2.13. The summed E-state index contributed by atoms with van der Waals surface area (Å²) in [4.78, 5) is 11.1. The molecular weight excluding hydrogens is 385 g/mol. The van der Waals surface area contributed by atoms with Crippen molar-refractivity contribution in [1.29, 1.82) is 0 Å². The van der Waals surface area contributed by atoms with Crippen LogP contribution in [0.25, 0.3) is 0 Å². The molecular formula is C17H17F3N2O4S. The summed E-state index contributed by atoms with van der Waals surface area (Å²) >= 11 is 0. The van der Waals surface area contributed by atoms with E-state index in [0.717, 1.165) is 12.1 Å². The highest BCUT2D eigenvalue weighted by molar-refractivity contribution is 7.89. The molecule has 0 saturated carbocycles. The fourth-order valence-electron chi connectivity index (χ4n) is 2.26. The van der Waals surface area contributed by atoms with Crippen LogP contribution < -0.4 is 14.8 Å². The van der Waals surface area contributed by atoms with Crippen LogP contribution in [0.5, 0.6) is 5.75 Å². The quantitative estimate of drug-likeness (QED) is 0.778. The van der Waals surface area contributed by atoms with E-state index in [4.69, 9.17) is 4.74 Å². The van der Waals surface area contributed by atoms with E-state index in [1.807, 2.05) is 0 Å². The Kier molecular flexibility index (Phi) is 6.11. The van der Waals surface area contributed by atoms with Gasteiger partial charge in [-0.1, -0.05) is 18.2 Å². The zero-order chi connectivity index (χ0) is 20.2. The molecule has 1 amide bonds. The first-order chi connectivity index (χ1) is 12.5. The zero-order valence-corrected chi connectivity index (χ0v) is 15.2. The fraction of sp³-hybridized carbons (Fsp3) is 0.235. The molecule has 0 bridgehead atoms. The number of carbonyl (C=O) groups is 1. The molecule has 2 aromatic rings. The van der Waals surface area contributed by atoms with Crippen LogP contribution in [0, 0.1) is 0 Å². The summed E-state index contributed by atoms with van der Waals surface area (Å²) < 4.78 is 70.4. The van der Waals surface area contributed by atoms with Crippen molar-refractivity contribution in [2.45, 2.75) is 24.5 Å². The summed E-state index contributed by atoms with van der Waals surface area (Å²) in [5.41, 5.74) is -0.549. The first kappa shape index (κ1) is 20.7. The smallest absolute Gasteiger partial charge is 0.416 e. The number of sulfonamides is 1. The van der Waals surface area contributed by atoms with Crippen molar-refractivity contribution in [2.75, 3.05) is 12.4 Å². The number of amides is 1. The van der Waals surface area contributed by atoms with Crippen LogP contribution in [0.2, 0.25) is 0 Å². The Morgan fingerprint density at radius 1 is 1.15 bits per heavy atom. The maximum atomic E-state index is 12.7. The van der Waals surface area contributed by atoms with Gasteiger partial charge in [-0.2, -0.15) is 13.2 Å². The summed E-state index contributed by atoms with van der Waals surface area (Å²) in [5.74, 6) is -0.151. The fourth-order valence-corrected chi connectivity index (χ4v) is 3.30. The number of carbonyl (C=O) groups excluding carboxylic acids is 1. The Balaban J connectivity index is 2.23. The summed E-state index contributed by atoms with van der Waals surface area (Å²) in [7, 11) is -2.67. The number of alkyl halides is 3. The molecule has 0 aliphatic heterocycles. The molecule has 0 aromatic heterocycles. The number of nitrogens with one attached hydrogen (secondary N) is 2. The average Bonchev–Trinajstić information content (AvgIpc) is 2.59. The Morgan fingerprint density at radius 2 is 1.85 bits per heavy atom. The molecule has 27 heavy (non-hydrogen) atoms. The monoisotopic (exact) mass is 402 g/mol. The van der Waals surface area contributed by atoms with Crippen LogP contribution in [0.1, 0.15) is 18.1 Å². The number of anilines is 1. The third-order valence-electron chi connectivity index (χ3n) is 3.51. The number of methoxy groups -OCH3 is 1. The predicted octanol–water partition coefficient (Wildman–Crippen LogP) is 3.15. The lowest BCUT2D eigenvalue weighted by atomic mass is 10.1. The van der Waals surface area contributed by atoms with Gasteiger partial charge in [-0.05, 0) is 29.8 Å². The van der Waals surface area contributed by atoms with Crippen molar-refractivity contribution in [3.05, 3.63) is 53.6 Å². The molecule has 0 heterocycles. The molecule has 2 aromatic carbocycles. The van der Waals surface area contributed by atoms with E-state index in [9.17, 15) is 26.4 Å². The first-order valence-electron chi connectivity index (χ1n) is 7.64. The molecule has 10 heteroatoms. The van der Waals surface area contributed by atoms with E-state index < -0.39 is 27.7 Å². The second-order valence-corrected chi connectivity index (χ2v) is 7.33. The van der Waals surface area contributed by atoms with Gasteiger partial charge in [0, 0.05) is 13.5 Å². The first-order valence-corrected chi connectivity index (χ1v) is 9.12. The number of rotatable bonds is 6. The zero-order valence-electron chi connectivity index (χ0n) is 14.4. The largest absolute Gasteiger partial charge is 0.495 e. The molecule has 2 rings (SSSR count). The van der Waals surface area contributed by atoms with Gasteiger partial charge < -0.3 is 10.1 Å². The number of benzene rings is 2. The number of hydrogen-bond donors (Lipinski definition) is 2. The molecule has 0 fully saturated rings. The van der Waals surface area contributed by atoms with E-state index in [1.54, 1.807) is 0 Å². The molecule has 0 saturated heterocycles. The Morgan fingerprint density at radius 3 is 2.44 bits per heavy atom. The highest BCUT2D eigenvalue weighted by Crippen LogP contribution is 2.30. The van der Waals surface area contributed by atoms with Crippen molar-refractivity contribution >= 4 is 21.6 Å². The van der Waals surface area contributed by atoms with Gasteiger partial charge in [0.05, 0.1) is 23.3 Å². The van der Waals surface area contributed by atoms with E-state index >= 15 is 0 Å². The van der Waals surface area contributed by atoms with Gasteiger partial charge in [0.1, 0.15) is 5.75 Å². The number of halogens is 3. The summed E-state index contributed by atoms with van der Waals surface area (Å²) in [6, 6.07) is 8.20. The molecule has 0 spiro atoms.